The van der Waals surface area contributed by atoms with Gasteiger partial charge in [0.15, 0.2) is 0 Å². The standard InChI is InChI=1S/C12H24Se/c1-3-4-5-6-7-8-9-10-11-12-13-2/h11-12H,3-10H2,1-2H3. The zero-order valence-corrected chi connectivity index (χ0v) is 10.9. The van der Waals surface area contributed by atoms with E-state index >= 15 is 0 Å². The molecule has 0 saturated heterocycles. The fourth-order valence-corrected chi connectivity index (χ4v) is 2.07. The number of hydrogen-bond acceptors (Lipinski definition) is 0. The van der Waals surface area contributed by atoms with Gasteiger partial charge >= 0.3 is 90.1 Å². The van der Waals surface area contributed by atoms with E-state index in [1.54, 1.807) is 0 Å². The Morgan fingerprint density at radius 2 is 1.54 bits per heavy atom. The molecule has 0 atom stereocenters. The van der Waals surface area contributed by atoms with Crippen LogP contribution in [0.4, 0.5) is 0 Å². The maximum atomic E-state index is 2.35. The van der Waals surface area contributed by atoms with Crippen LogP contribution in [-0.4, -0.2) is 15.0 Å². The van der Waals surface area contributed by atoms with Crippen molar-refractivity contribution in [1.29, 1.82) is 0 Å². The van der Waals surface area contributed by atoms with Gasteiger partial charge in [-0.3, -0.25) is 0 Å². The van der Waals surface area contributed by atoms with Crippen molar-refractivity contribution in [3.63, 3.8) is 0 Å². The van der Waals surface area contributed by atoms with Crippen LogP contribution >= 0.6 is 0 Å². The van der Waals surface area contributed by atoms with E-state index in [0.29, 0.717) is 0 Å². The molecule has 0 aliphatic carbocycles. The summed E-state index contributed by atoms with van der Waals surface area (Å²) in [7, 11) is 0. The second kappa shape index (κ2) is 12.3. The van der Waals surface area contributed by atoms with Gasteiger partial charge in [0.25, 0.3) is 0 Å². The predicted molar refractivity (Wildman–Crippen MR) is 63.4 cm³/mol. The summed E-state index contributed by atoms with van der Waals surface area (Å²) in [5.41, 5.74) is 0. The molecule has 78 valence electrons. The summed E-state index contributed by atoms with van der Waals surface area (Å²) in [4.78, 5) is 2.34. The third-order valence-corrected chi connectivity index (χ3v) is 3.18. The molecule has 13 heavy (non-hydrogen) atoms. The second-order valence-electron chi connectivity index (χ2n) is 3.52. The second-order valence-corrected chi connectivity index (χ2v) is 5.08. The summed E-state index contributed by atoms with van der Waals surface area (Å²) in [5.74, 6) is 2.26. The number of hydrogen-bond donors (Lipinski definition) is 0. The first-order chi connectivity index (χ1) is 6.41. The summed E-state index contributed by atoms with van der Waals surface area (Å²) in [6.07, 6.45) is 13.6. The van der Waals surface area contributed by atoms with E-state index < -0.39 is 0 Å². The third-order valence-electron chi connectivity index (χ3n) is 2.21. The third kappa shape index (κ3) is 12.3. The maximum absolute atomic E-state index is 2.35. The van der Waals surface area contributed by atoms with Crippen LogP contribution in [0.1, 0.15) is 58.3 Å². The minimum atomic E-state index is 0.737. The zero-order valence-electron chi connectivity index (χ0n) is 9.22. The van der Waals surface area contributed by atoms with Crippen molar-refractivity contribution in [2.24, 2.45) is 0 Å². The fourth-order valence-electron chi connectivity index (χ4n) is 1.38. The van der Waals surface area contributed by atoms with Crippen molar-refractivity contribution in [3.8, 4) is 0 Å². The van der Waals surface area contributed by atoms with E-state index in [4.69, 9.17) is 0 Å². The molecule has 0 spiro atoms. The van der Waals surface area contributed by atoms with Crippen molar-refractivity contribution in [2.45, 2.75) is 64.1 Å². The van der Waals surface area contributed by atoms with Gasteiger partial charge in [-0.15, -0.1) is 0 Å². The van der Waals surface area contributed by atoms with Gasteiger partial charge in [-0.25, -0.2) is 0 Å². The summed E-state index contributed by atoms with van der Waals surface area (Å²) >= 11 is 0.737. The van der Waals surface area contributed by atoms with Gasteiger partial charge in [0.1, 0.15) is 0 Å². The first kappa shape index (κ1) is 13.3. The van der Waals surface area contributed by atoms with Gasteiger partial charge in [-0.05, 0) is 0 Å². The van der Waals surface area contributed by atoms with E-state index in [2.05, 4.69) is 23.8 Å². The van der Waals surface area contributed by atoms with E-state index in [0.717, 1.165) is 15.0 Å². The van der Waals surface area contributed by atoms with Gasteiger partial charge in [-0.2, -0.15) is 0 Å². The van der Waals surface area contributed by atoms with Crippen molar-refractivity contribution in [1.82, 2.24) is 0 Å². The number of allylic oxidation sites excluding steroid dienone is 1. The molecule has 0 aromatic heterocycles. The summed E-state index contributed by atoms with van der Waals surface area (Å²) < 4.78 is 0. The van der Waals surface area contributed by atoms with Crippen molar-refractivity contribution >= 4 is 15.0 Å². The molecule has 0 aliphatic heterocycles. The molecule has 0 bridgehead atoms. The van der Waals surface area contributed by atoms with Crippen LogP contribution in [0.15, 0.2) is 11.1 Å². The molecule has 0 heterocycles. The van der Waals surface area contributed by atoms with E-state index in [1.807, 2.05) is 0 Å². The summed E-state index contributed by atoms with van der Waals surface area (Å²) in [6.45, 7) is 2.28. The van der Waals surface area contributed by atoms with Crippen LogP contribution < -0.4 is 0 Å². The van der Waals surface area contributed by atoms with E-state index in [-0.39, 0.29) is 0 Å². The van der Waals surface area contributed by atoms with Crippen LogP contribution in [-0.2, 0) is 0 Å². The SMILES string of the molecule is CCCCCCCCCC=C[Se]C. The normalized spacial score (nSPS) is 11.2. The molecule has 0 rings (SSSR count). The van der Waals surface area contributed by atoms with Crippen LogP contribution in [0.5, 0.6) is 0 Å². The Bertz CT molecular complexity index is 108. The Balaban J connectivity index is 2.87. The van der Waals surface area contributed by atoms with Gasteiger partial charge in [0.05, 0.1) is 0 Å². The minimum absolute atomic E-state index is 0.737. The average molecular weight is 247 g/mol. The van der Waals surface area contributed by atoms with Gasteiger partial charge in [0, 0.05) is 0 Å². The molecule has 1 heteroatoms. The number of unbranched alkanes of at least 4 members (excludes halogenated alkanes) is 7. The Kier molecular flexibility index (Phi) is 12.5. The van der Waals surface area contributed by atoms with Crippen LogP contribution in [0.25, 0.3) is 0 Å². The molecular weight excluding hydrogens is 223 g/mol. The Morgan fingerprint density at radius 1 is 0.923 bits per heavy atom. The van der Waals surface area contributed by atoms with Crippen molar-refractivity contribution < 1.29 is 0 Å². The molecule has 0 aliphatic rings. The van der Waals surface area contributed by atoms with Gasteiger partial charge < -0.3 is 0 Å². The molecule has 0 amide bonds. The Hall–Kier alpha value is 0.259. The van der Waals surface area contributed by atoms with Gasteiger partial charge in [0.2, 0.25) is 0 Å². The van der Waals surface area contributed by atoms with Crippen molar-refractivity contribution in [3.05, 3.63) is 11.1 Å². The van der Waals surface area contributed by atoms with E-state index in [1.165, 1.54) is 51.4 Å². The van der Waals surface area contributed by atoms with Crippen LogP contribution in [0.3, 0.4) is 0 Å². The summed E-state index contributed by atoms with van der Waals surface area (Å²) in [5, 5.41) is 0. The van der Waals surface area contributed by atoms with E-state index in [9.17, 15) is 0 Å². The molecule has 0 fully saturated rings. The zero-order chi connectivity index (χ0) is 9.78. The first-order valence-electron chi connectivity index (χ1n) is 5.59. The molecule has 0 aromatic carbocycles. The molecule has 0 nitrogen and oxygen atoms in total. The Morgan fingerprint density at radius 3 is 2.15 bits per heavy atom. The molecule has 0 aromatic rings. The number of rotatable bonds is 9. The van der Waals surface area contributed by atoms with Crippen LogP contribution in [0.2, 0.25) is 5.82 Å². The van der Waals surface area contributed by atoms with Crippen LogP contribution in [0, 0.1) is 0 Å². The summed E-state index contributed by atoms with van der Waals surface area (Å²) in [6, 6.07) is 0. The first-order valence-corrected chi connectivity index (χ1v) is 8.29. The molecule has 0 radical (unpaired) electrons. The quantitative estimate of drug-likeness (QED) is 0.418. The average Bonchev–Trinajstić information content (AvgIpc) is 2.16. The monoisotopic (exact) mass is 248 g/mol. The molecule has 0 saturated carbocycles. The van der Waals surface area contributed by atoms with Crippen molar-refractivity contribution in [2.75, 3.05) is 0 Å². The molecule has 0 unspecified atom stereocenters. The van der Waals surface area contributed by atoms with Gasteiger partial charge in [-0.1, -0.05) is 0 Å². The molecule has 0 N–H and O–H groups in total. The predicted octanol–water partition coefficient (Wildman–Crippen LogP) is 4.39. The molecular formula is C12H24Se. The topological polar surface area (TPSA) is 0 Å². The fraction of sp³-hybridized carbons (Fsp3) is 0.833. The Labute approximate surface area is 90.3 Å².